The maximum absolute atomic E-state index is 12.6. The predicted molar refractivity (Wildman–Crippen MR) is 254 cm³/mol. The van der Waals surface area contributed by atoms with Gasteiger partial charge in [0.2, 0.25) is 5.69 Å². The lowest BCUT2D eigenvalue weighted by Crippen LogP contribution is -2.47. The fraction of sp³-hybridized carbons (Fsp3) is 0.451. The maximum atomic E-state index is 12.6. The number of hydroxylamine groups is 2. The zero-order valence-electron chi connectivity index (χ0n) is 39.3. The monoisotopic (exact) mass is 940 g/mol. The van der Waals surface area contributed by atoms with Crippen molar-refractivity contribution in [2.45, 2.75) is 89.0 Å². The minimum Gasteiger partial charge on any atom is -0.456 e. The van der Waals surface area contributed by atoms with E-state index >= 15 is 0 Å². The molecule has 0 unspecified atom stereocenters. The number of amides is 2. The van der Waals surface area contributed by atoms with Crippen LogP contribution in [0.2, 0.25) is 0 Å². The Morgan fingerprint density at radius 3 is 2.19 bits per heavy atom. The fourth-order valence-electron chi connectivity index (χ4n) is 9.08. The first-order chi connectivity index (χ1) is 32.0. The average Bonchev–Trinajstić information content (AvgIpc) is 3.71. The molecule has 7 rings (SSSR count). The number of anilines is 1. The van der Waals surface area contributed by atoms with Crippen molar-refractivity contribution in [3.05, 3.63) is 101 Å². The van der Waals surface area contributed by atoms with Crippen molar-refractivity contribution >= 4 is 61.9 Å². The summed E-state index contributed by atoms with van der Waals surface area (Å²) in [6, 6.07) is 18.9. The average molecular weight is 941 g/mol. The third-order valence-electron chi connectivity index (χ3n) is 12.5. The van der Waals surface area contributed by atoms with Gasteiger partial charge >= 0.3 is 5.97 Å². The van der Waals surface area contributed by atoms with Crippen LogP contribution in [0.15, 0.2) is 83.8 Å². The van der Waals surface area contributed by atoms with Crippen LogP contribution >= 0.6 is 0 Å². The van der Waals surface area contributed by atoms with Gasteiger partial charge in [0.1, 0.15) is 18.1 Å². The van der Waals surface area contributed by atoms with Gasteiger partial charge in [0.15, 0.2) is 5.71 Å². The molecule has 3 aromatic rings. The SMILES string of the molecule is COCCOCCOCCOCCN1c2cc3c(cc2C(C)=CC1(C)C)/C(=C/C1=[N+](CCCCCC(=O)ON2C(=O)CCC2=O)c2ccc(S(=O)(=O)O)cc2C1(C)C)C=C(c1ccccc1)O3. The zero-order chi connectivity index (χ0) is 47.9. The number of hydrogen-bond donors (Lipinski definition) is 1. The molecule has 1 N–H and O–H groups in total. The molecule has 16 heteroatoms. The summed E-state index contributed by atoms with van der Waals surface area (Å²) in [5, 5.41) is 0.567. The van der Waals surface area contributed by atoms with Crippen molar-refractivity contribution in [2.75, 3.05) is 71.3 Å². The summed E-state index contributed by atoms with van der Waals surface area (Å²) in [4.78, 5) is 43.7. The first kappa shape index (κ1) is 49.4. The second-order valence-electron chi connectivity index (χ2n) is 18.1. The number of carbonyl (C=O) groups excluding carboxylic acids is 3. The molecular weight excluding hydrogens is 879 g/mol. The highest BCUT2D eigenvalue weighted by molar-refractivity contribution is 7.85. The number of ether oxygens (including phenoxy) is 5. The molecule has 4 aliphatic rings. The van der Waals surface area contributed by atoms with Crippen LogP contribution in [0, 0.1) is 0 Å². The van der Waals surface area contributed by atoms with E-state index in [0.717, 1.165) is 50.5 Å². The lowest BCUT2D eigenvalue weighted by Gasteiger charge is -2.44. The van der Waals surface area contributed by atoms with Crippen LogP contribution < -0.4 is 9.64 Å². The molecule has 4 heterocycles. The highest BCUT2D eigenvalue weighted by atomic mass is 32.2. The number of allylic oxidation sites excluding steroid dienone is 4. The maximum Gasteiger partial charge on any atom is 0.333 e. The molecule has 0 radical (unpaired) electrons. The number of carbonyl (C=O) groups is 3. The summed E-state index contributed by atoms with van der Waals surface area (Å²) in [6.07, 6.45) is 8.29. The second kappa shape index (κ2) is 21.2. The van der Waals surface area contributed by atoms with Crippen LogP contribution in [-0.4, -0.2) is 118 Å². The van der Waals surface area contributed by atoms with Gasteiger partial charge in [0, 0.05) is 85.5 Å². The first-order valence-electron chi connectivity index (χ1n) is 22.9. The number of fused-ring (bicyclic) bond motifs is 3. The normalized spacial score (nSPS) is 17.9. The third kappa shape index (κ3) is 11.4. The van der Waals surface area contributed by atoms with Gasteiger partial charge < -0.3 is 33.4 Å². The van der Waals surface area contributed by atoms with Crippen LogP contribution in [0.3, 0.4) is 0 Å². The van der Waals surface area contributed by atoms with E-state index < -0.39 is 33.3 Å². The molecular formula is C51H62N3O12S+. The van der Waals surface area contributed by atoms with E-state index in [1.165, 1.54) is 6.07 Å². The molecule has 0 bridgehead atoms. The molecule has 2 amide bonds. The summed E-state index contributed by atoms with van der Waals surface area (Å²) in [6.45, 7) is 15.2. The number of hydrogen-bond acceptors (Lipinski definition) is 12. The minimum absolute atomic E-state index is 0.0275. The van der Waals surface area contributed by atoms with Crippen molar-refractivity contribution in [2.24, 2.45) is 0 Å². The van der Waals surface area contributed by atoms with Gasteiger partial charge in [-0.3, -0.25) is 14.1 Å². The summed E-state index contributed by atoms with van der Waals surface area (Å²) in [7, 11) is -2.85. The largest absolute Gasteiger partial charge is 0.456 e. The Bertz CT molecular complexity index is 2580. The van der Waals surface area contributed by atoms with Gasteiger partial charge in [-0.2, -0.15) is 13.0 Å². The minimum atomic E-state index is -4.49. The molecule has 0 atom stereocenters. The summed E-state index contributed by atoms with van der Waals surface area (Å²) in [5.74, 6) is -0.334. The number of rotatable bonds is 22. The van der Waals surface area contributed by atoms with E-state index in [2.05, 4.69) is 54.5 Å². The molecule has 0 saturated carbocycles. The molecule has 358 valence electrons. The van der Waals surface area contributed by atoms with Gasteiger partial charge in [-0.05, 0) is 82.9 Å². The number of unbranched alkanes of at least 4 members (excludes halogenated alkanes) is 2. The highest BCUT2D eigenvalue weighted by Crippen LogP contribution is 2.48. The van der Waals surface area contributed by atoms with Gasteiger partial charge in [-0.1, -0.05) is 36.4 Å². The molecule has 1 fully saturated rings. The van der Waals surface area contributed by atoms with Crippen LogP contribution in [0.25, 0.3) is 16.9 Å². The van der Waals surface area contributed by atoms with Gasteiger partial charge in [-0.25, -0.2) is 4.79 Å². The van der Waals surface area contributed by atoms with E-state index in [-0.39, 0.29) is 29.7 Å². The summed E-state index contributed by atoms with van der Waals surface area (Å²) in [5.41, 5.74) is 7.26. The zero-order valence-corrected chi connectivity index (χ0v) is 40.1. The first-order valence-corrected chi connectivity index (χ1v) is 24.3. The molecule has 4 aliphatic heterocycles. The standard InChI is InChI=1S/C51H61N3O12S/c1-35-34-50(2,3)53(21-22-62-25-26-64-28-27-63-24-23-61-6)43-33-45-40(32-39(35)43)37(29-44(65-45)36-13-9-7-10-14-36)30-46-51(4,5)41-31-38(67(58,59)60)16-17-42(41)52(46)20-12-8-11-15-49(57)66-54-47(55)18-19-48(54)56/h7,9-10,13-14,16-17,29-34H,8,11-12,15,18-28H2,1-6H3/p+1. The number of methoxy groups -OCH3 is 1. The Balaban J connectivity index is 1.19. The number of benzene rings is 3. The Kier molecular flexibility index (Phi) is 15.6. The smallest absolute Gasteiger partial charge is 0.333 e. The van der Waals surface area contributed by atoms with E-state index in [1.54, 1.807) is 19.2 Å². The molecule has 0 spiro atoms. The number of nitrogens with zero attached hydrogens (tertiary/aromatic N) is 3. The van der Waals surface area contributed by atoms with Crippen molar-refractivity contribution in [3.8, 4) is 5.75 Å². The molecule has 67 heavy (non-hydrogen) atoms. The van der Waals surface area contributed by atoms with E-state index in [1.807, 2.05) is 50.3 Å². The fourth-order valence-corrected chi connectivity index (χ4v) is 9.59. The van der Waals surface area contributed by atoms with Crippen molar-refractivity contribution in [1.82, 2.24) is 5.06 Å². The molecule has 0 aliphatic carbocycles. The molecule has 1 saturated heterocycles. The lowest BCUT2D eigenvalue weighted by molar-refractivity contribution is -0.438. The summed E-state index contributed by atoms with van der Waals surface area (Å²) < 4.78 is 66.2. The van der Waals surface area contributed by atoms with Gasteiger partial charge in [0.25, 0.3) is 21.9 Å². The second-order valence-corrected chi connectivity index (χ2v) is 19.5. The quantitative estimate of drug-likeness (QED) is 0.0451. The van der Waals surface area contributed by atoms with Crippen LogP contribution in [0.5, 0.6) is 5.75 Å². The third-order valence-corrected chi connectivity index (χ3v) is 13.4. The highest BCUT2D eigenvalue weighted by Gasteiger charge is 2.46. The van der Waals surface area contributed by atoms with E-state index in [9.17, 15) is 27.4 Å². The van der Waals surface area contributed by atoms with Gasteiger partial charge in [-0.15, -0.1) is 5.06 Å². The van der Waals surface area contributed by atoms with Crippen LogP contribution in [0.4, 0.5) is 11.4 Å². The Morgan fingerprint density at radius 2 is 1.52 bits per heavy atom. The lowest BCUT2D eigenvalue weighted by atomic mass is 9.80. The Morgan fingerprint density at radius 1 is 0.851 bits per heavy atom. The number of imide groups is 1. The van der Waals surface area contributed by atoms with Crippen LogP contribution in [-0.2, 0) is 53.7 Å². The van der Waals surface area contributed by atoms with E-state index in [4.69, 9.17) is 28.5 Å². The Hall–Kier alpha value is -5.49. The molecule has 15 nitrogen and oxygen atoms in total. The Labute approximate surface area is 393 Å². The predicted octanol–water partition coefficient (Wildman–Crippen LogP) is 7.69. The topological polar surface area (TPSA) is 170 Å². The molecule has 0 aromatic heterocycles. The summed E-state index contributed by atoms with van der Waals surface area (Å²) >= 11 is 0. The van der Waals surface area contributed by atoms with Crippen molar-refractivity contribution in [1.29, 1.82) is 0 Å². The van der Waals surface area contributed by atoms with Crippen LogP contribution in [0.1, 0.15) is 95.4 Å². The molecule has 3 aromatic carbocycles. The van der Waals surface area contributed by atoms with Gasteiger partial charge in [0.05, 0.1) is 62.1 Å². The van der Waals surface area contributed by atoms with Crippen molar-refractivity contribution in [3.63, 3.8) is 0 Å². The van der Waals surface area contributed by atoms with Crippen molar-refractivity contribution < 1.29 is 60.5 Å². The van der Waals surface area contributed by atoms with E-state index in [0.29, 0.717) is 95.2 Å².